The van der Waals surface area contributed by atoms with Crippen LogP contribution >= 0.6 is 0 Å². The zero-order valence-electron chi connectivity index (χ0n) is 21.0. The van der Waals surface area contributed by atoms with Gasteiger partial charge in [0.2, 0.25) is 0 Å². The molecule has 0 bridgehead atoms. The first-order valence-electron chi connectivity index (χ1n) is 12.2. The molecule has 0 aliphatic heterocycles. The fraction of sp³-hybridized carbons (Fsp3) is 0.233. The molecule has 0 saturated carbocycles. The Kier molecular flexibility index (Phi) is 6.53. The van der Waals surface area contributed by atoms with Gasteiger partial charge in [0.15, 0.2) is 0 Å². The van der Waals surface area contributed by atoms with Crippen molar-refractivity contribution < 1.29 is 9.52 Å². The van der Waals surface area contributed by atoms with E-state index < -0.39 is 6.10 Å². The number of aryl methyl sites for hydroxylation is 2. The van der Waals surface area contributed by atoms with E-state index in [0.717, 1.165) is 55.9 Å². The molecule has 0 saturated heterocycles. The van der Waals surface area contributed by atoms with Crippen LogP contribution in [0.15, 0.2) is 77.7 Å². The maximum atomic E-state index is 9.73. The summed E-state index contributed by atoms with van der Waals surface area (Å²) >= 11 is 0. The van der Waals surface area contributed by atoms with Crippen molar-refractivity contribution in [3.8, 4) is 22.4 Å². The zero-order chi connectivity index (χ0) is 25.2. The Morgan fingerprint density at radius 1 is 0.917 bits per heavy atom. The van der Waals surface area contributed by atoms with Gasteiger partial charge in [0.1, 0.15) is 17.2 Å². The molecule has 0 fully saturated rings. The fourth-order valence-electron chi connectivity index (χ4n) is 4.50. The van der Waals surface area contributed by atoms with Gasteiger partial charge in [-0.05, 0) is 86.7 Å². The first-order valence-corrected chi connectivity index (χ1v) is 12.2. The number of nitrogens with zero attached hydrogens (tertiary/aromatic N) is 3. The van der Waals surface area contributed by atoms with Crippen molar-refractivity contribution in [3.05, 3.63) is 95.8 Å². The fourth-order valence-corrected chi connectivity index (χ4v) is 4.50. The second-order valence-electron chi connectivity index (χ2n) is 9.44. The van der Waals surface area contributed by atoms with E-state index >= 15 is 0 Å². The molecule has 182 valence electrons. The van der Waals surface area contributed by atoms with Crippen molar-refractivity contribution in [1.82, 2.24) is 15.0 Å². The first kappa shape index (κ1) is 23.7. The Morgan fingerprint density at radius 3 is 2.61 bits per heavy atom. The number of aliphatic hydroxyl groups is 1. The van der Waals surface area contributed by atoms with Gasteiger partial charge < -0.3 is 14.8 Å². The van der Waals surface area contributed by atoms with Crippen LogP contribution in [0.4, 0.5) is 5.82 Å². The average Bonchev–Trinajstić information content (AvgIpc) is 3.23. The van der Waals surface area contributed by atoms with Crippen LogP contribution in [-0.4, -0.2) is 26.2 Å². The highest BCUT2D eigenvalue weighted by atomic mass is 16.3. The Morgan fingerprint density at radius 2 is 1.78 bits per heavy atom. The lowest BCUT2D eigenvalue weighted by Gasteiger charge is -2.17. The minimum absolute atomic E-state index is 0.0271. The second-order valence-corrected chi connectivity index (χ2v) is 9.44. The van der Waals surface area contributed by atoms with Gasteiger partial charge >= 0.3 is 0 Å². The quantitative estimate of drug-likeness (QED) is 0.272. The van der Waals surface area contributed by atoms with E-state index in [-0.39, 0.29) is 6.04 Å². The number of rotatable bonds is 7. The average molecular weight is 479 g/mol. The molecule has 0 spiro atoms. The molecule has 2 N–H and O–H groups in total. The molecule has 2 aromatic carbocycles. The zero-order valence-corrected chi connectivity index (χ0v) is 21.0. The van der Waals surface area contributed by atoms with Crippen LogP contribution in [0, 0.1) is 13.8 Å². The van der Waals surface area contributed by atoms with Crippen molar-refractivity contribution in [3.63, 3.8) is 0 Å². The molecule has 6 heteroatoms. The van der Waals surface area contributed by atoms with E-state index in [0.29, 0.717) is 12.2 Å². The van der Waals surface area contributed by atoms with E-state index in [2.05, 4.69) is 63.6 Å². The van der Waals surface area contributed by atoms with Gasteiger partial charge in [0.25, 0.3) is 0 Å². The van der Waals surface area contributed by atoms with Gasteiger partial charge in [0, 0.05) is 41.0 Å². The summed E-state index contributed by atoms with van der Waals surface area (Å²) in [4.78, 5) is 13.7. The van der Waals surface area contributed by atoms with Crippen LogP contribution in [0.2, 0.25) is 0 Å². The van der Waals surface area contributed by atoms with Crippen LogP contribution in [-0.2, 0) is 6.42 Å². The summed E-state index contributed by atoms with van der Waals surface area (Å²) in [5, 5.41) is 14.4. The van der Waals surface area contributed by atoms with Gasteiger partial charge in [-0.15, -0.1) is 0 Å². The third kappa shape index (κ3) is 5.14. The SMILES string of the molecule is Cc1nc(N[C@@H](C)c2cccc(-c3cncc(C[C@H](C)O)c3)c2)cc(-c2ccc3occ(C)c3c2)n1. The summed E-state index contributed by atoms with van der Waals surface area (Å²) in [5.41, 5.74) is 8.16. The second kappa shape index (κ2) is 9.91. The molecule has 0 amide bonds. The molecule has 5 rings (SSSR count). The summed E-state index contributed by atoms with van der Waals surface area (Å²) < 4.78 is 5.59. The summed E-state index contributed by atoms with van der Waals surface area (Å²) in [7, 11) is 0. The maximum Gasteiger partial charge on any atom is 0.134 e. The number of pyridine rings is 1. The lowest BCUT2D eigenvalue weighted by atomic mass is 9.99. The van der Waals surface area contributed by atoms with Gasteiger partial charge in [-0.2, -0.15) is 0 Å². The van der Waals surface area contributed by atoms with Crippen LogP contribution in [0.3, 0.4) is 0 Å². The van der Waals surface area contributed by atoms with E-state index in [4.69, 9.17) is 4.42 Å². The van der Waals surface area contributed by atoms with Crippen LogP contribution in [0.5, 0.6) is 0 Å². The molecule has 0 unspecified atom stereocenters. The minimum atomic E-state index is -0.399. The van der Waals surface area contributed by atoms with Gasteiger partial charge in [-0.25, -0.2) is 9.97 Å². The summed E-state index contributed by atoms with van der Waals surface area (Å²) in [5.74, 6) is 1.49. The van der Waals surface area contributed by atoms with Gasteiger partial charge in [-0.1, -0.05) is 18.2 Å². The minimum Gasteiger partial charge on any atom is -0.464 e. The number of aromatic nitrogens is 3. The molecule has 5 aromatic rings. The molecular weight excluding hydrogens is 448 g/mol. The summed E-state index contributed by atoms with van der Waals surface area (Å²) in [6.45, 7) is 7.87. The Labute approximate surface area is 211 Å². The number of benzene rings is 2. The van der Waals surface area contributed by atoms with Crippen LogP contribution in [0.25, 0.3) is 33.4 Å². The lowest BCUT2D eigenvalue weighted by molar-refractivity contribution is 0.195. The number of fused-ring (bicyclic) bond motifs is 1. The molecule has 0 aliphatic carbocycles. The number of nitrogens with one attached hydrogen (secondary N) is 1. The molecule has 36 heavy (non-hydrogen) atoms. The standard InChI is InChI=1S/C30H30N4O2/c1-18-17-36-29-9-8-25(13-27(18)29)28-14-30(34-21(4)33-28)32-20(3)23-6-5-7-24(12-23)26-11-22(10-19(2)35)15-31-16-26/h5-9,11-17,19-20,35H,10H2,1-4H3,(H,32,33,34)/t19-,20-/m0/s1. The third-order valence-electron chi connectivity index (χ3n) is 6.31. The van der Waals surface area contributed by atoms with E-state index in [9.17, 15) is 5.11 Å². The lowest BCUT2D eigenvalue weighted by Crippen LogP contribution is -2.09. The monoisotopic (exact) mass is 478 g/mol. The van der Waals surface area contributed by atoms with E-state index in [1.807, 2.05) is 44.4 Å². The number of hydrogen-bond donors (Lipinski definition) is 2. The number of anilines is 1. The smallest absolute Gasteiger partial charge is 0.134 e. The summed E-state index contributed by atoms with van der Waals surface area (Å²) in [6.07, 6.45) is 5.64. The normalized spacial score (nSPS) is 13.0. The first-order chi connectivity index (χ1) is 17.4. The van der Waals surface area contributed by atoms with E-state index in [1.54, 1.807) is 13.2 Å². The molecule has 0 aliphatic rings. The highest BCUT2D eigenvalue weighted by Gasteiger charge is 2.12. The topological polar surface area (TPSA) is 84.1 Å². The number of aliphatic hydroxyl groups excluding tert-OH is 1. The molecule has 3 aromatic heterocycles. The van der Waals surface area contributed by atoms with Crippen molar-refractivity contribution in [2.45, 2.75) is 46.3 Å². The Bertz CT molecular complexity index is 1520. The van der Waals surface area contributed by atoms with Gasteiger partial charge in [-0.3, -0.25) is 4.98 Å². The molecule has 2 atom stereocenters. The van der Waals surface area contributed by atoms with E-state index in [1.165, 1.54) is 0 Å². The number of furan rings is 1. The number of hydrogen-bond acceptors (Lipinski definition) is 6. The highest BCUT2D eigenvalue weighted by molar-refractivity contribution is 5.85. The highest BCUT2D eigenvalue weighted by Crippen LogP contribution is 2.29. The molecule has 3 heterocycles. The van der Waals surface area contributed by atoms with Gasteiger partial charge in [0.05, 0.1) is 18.1 Å². The predicted molar refractivity (Wildman–Crippen MR) is 144 cm³/mol. The van der Waals surface area contributed by atoms with Crippen molar-refractivity contribution in [2.24, 2.45) is 0 Å². The Hall–Kier alpha value is -4.03. The molecule has 0 radical (unpaired) electrons. The van der Waals surface area contributed by atoms with Crippen LogP contribution < -0.4 is 5.32 Å². The maximum absolute atomic E-state index is 9.73. The summed E-state index contributed by atoms with van der Waals surface area (Å²) in [6, 6.07) is 18.7. The molecular formula is C30H30N4O2. The molecule has 6 nitrogen and oxygen atoms in total. The third-order valence-corrected chi connectivity index (χ3v) is 6.31. The predicted octanol–water partition coefficient (Wildman–Crippen LogP) is 6.67. The van der Waals surface area contributed by atoms with Crippen molar-refractivity contribution >= 4 is 16.8 Å². The van der Waals surface area contributed by atoms with Crippen LogP contribution in [0.1, 0.15) is 42.4 Å². The van der Waals surface area contributed by atoms with Crippen molar-refractivity contribution in [1.29, 1.82) is 0 Å². The largest absolute Gasteiger partial charge is 0.464 e. The van der Waals surface area contributed by atoms with Crippen molar-refractivity contribution in [2.75, 3.05) is 5.32 Å². The Balaban J connectivity index is 1.39.